The van der Waals surface area contributed by atoms with Crippen molar-refractivity contribution in [2.45, 2.75) is 24.8 Å². The van der Waals surface area contributed by atoms with Crippen LogP contribution in [0.3, 0.4) is 0 Å². The zero-order valence-corrected chi connectivity index (χ0v) is 11.9. The Morgan fingerprint density at radius 1 is 1.30 bits per heavy atom. The molecular weight excluding hydrogens is 250 g/mol. The summed E-state index contributed by atoms with van der Waals surface area (Å²) < 4.78 is 0. The van der Waals surface area contributed by atoms with E-state index in [1.807, 2.05) is 12.5 Å². The number of oxime groups is 1. The van der Waals surface area contributed by atoms with Crippen LogP contribution in [-0.4, -0.2) is 37.1 Å². The fourth-order valence-electron chi connectivity index (χ4n) is 3.05. The lowest BCUT2D eigenvalue weighted by atomic mass is 9.77. The molecule has 0 amide bonds. The molecule has 0 radical (unpaired) electrons. The highest BCUT2D eigenvalue weighted by Gasteiger charge is 2.34. The van der Waals surface area contributed by atoms with Gasteiger partial charge in [-0.15, -0.1) is 0 Å². The Balaban J connectivity index is 1.93. The van der Waals surface area contributed by atoms with Crippen molar-refractivity contribution in [3.8, 4) is 0 Å². The van der Waals surface area contributed by atoms with Crippen molar-refractivity contribution in [2.75, 3.05) is 14.2 Å². The van der Waals surface area contributed by atoms with Gasteiger partial charge in [-0.05, 0) is 17.9 Å². The predicted octanol–water partition coefficient (Wildman–Crippen LogP) is 2.79. The van der Waals surface area contributed by atoms with E-state index in [4.69, 9.17) is 4.84 Å². The van der Waals surface area contributed by atoms with Gasteiger partial charge in [0.1, 0.15) is 7.11 Å². The Labute approximate surface area is 119 Å². The van der Waals surface area contributed by atoms with Crippen molar-refractivity contribution in [1.29, 1.82) is 0 Å². The van der Waals surface area contributed by atoms with Gasteiger partial charge >= 0.3 is 0 Å². The quantitative estimate of drug-likeness (QED) is 0.774. The van der Waals surface area contributed by atoms with E-state index in [9.17, 15) is 0 Å². The van der Waals surface area contributed by atoms with E-state index in [0.29, 0.717) is 12.0 Å². The Kier molecular flexibility index (Phi) is 3.54. The molecule has 0 saturated heterocycles. The summed E-state index contributed by atoms with van der Waals surface area (Å²) in [5.41, 5.74) is 3.57. The van der Waals surface area contributed by atoms with Crippen LogP contribution < -0.4 is 0 Å². The third-order valence-corrected chi connectivity index (χ3v) is 4.07. The molecule has 1 fully saturated rings. The van der Waals surface area contributed by atoms with Crippen LogP contribution in [0.25, 0.3) is 0 Å². The van der Waals surface area contributed by atoms with E-state index in [-0.39, 0.29) is 0 Å². The minimum atomic E-state index is 0.334. The van der Waals surface area contributed by atoms with Crippen molar-refractivity contribution in [1.82, 2.24) is 4.90 Å². The topological polar surface area (TPSA) is 37.2 Å². The molecule has 104 valence electrons. The Hall–Kier alpha value is -2.10. The number of likely N-dealkylation sites (N-methyl/N-ethyl adjacent to an activating group) is 1. The smallest absolute Gasteiger partial charge is 0.106 e. The first kappa shape index (κ1) is 12.9. The number of rotatable bonds is 2. The lowest BCUT2D eigenvalue weighted by molar-refractivity contribution is 0.210. The minimum Gasteiger partial charge on any atom is -0.399 e. The van der Waals surface area contributed by atoms with Crippen LogP contribution in [0.1, 0.15) is 24.3 Å². The molecule has 1 aromatic rings. The predicted molar refractivity (Wildman–Crippen MR) is 81.0 cm³/mol. The normalized spacial score (nSPS) is 27.2. The molecule has 2 aliphatic rings. The minimum absolute atomic E-state index is 0.334. The average Bonchev–Trinajstić information content (AvgIpc) is 2.49. The average molecular weight is 269 g/mol. The fraction of sp³-hybridized carbons (Fsp3) is 0.375. The van der Waals surface area contributed by atoms with Gasteiger partial charge in [0.25, 0.3) is 0 Å². The van der Waals surface area contributed by atoms with Gasteiger partial charge < -0.3 is 9.74 Å². The molecule has 4 heteroatoms. The number of aliphatic imine (C=N–C) groups is 1. The van der Waals surface area contributed by atoms with Crippen LogP contribution in [0.15, 0.2) is 52.3 Å². The molecule has 2 unspecified atom stereocenters. The number of fused-ring (bicyclic) bond motifs is 1. The van der Waals surface area contributed by atoms with Gasteiger partial charge in [0.15, 0.2) is 0 Å². The van der Waals surface area contributed by atoms with Crippen LogP contribution in [0.2, 0.25) is 0 Å². The first-order chi connectivity index (χ1) is 9.79. The van der Waals surface area contributed by atoms with Gasteiger partial charge in [-0.25, -0.2) is 4.99 Å². The molecule has 0 N–H and O–H groups in total. The lowest BCUT2D eigenvalue weighted by Gasteiger charge is -2.38. The molecule has 4 nitrogen and oxygen atoms in total. The van der Waals surface area contributed by atoms with E-state index in [2.05, 4.69) is 52.4 Å². The monoisotopic (exact) mass is 269 g/mol. The van der Waals surface area contributed by atoms with Gasteiger partial charge in [-0.2, -0.15) is 0 Å². The molecule has 1 saturated carbocycles. The zero-order valence-electron chi connectivity index (χ0n) is 11.9. The summed E-state index contributed by atoms with van der Waals surface area (Å²) in [7, 11) is 3.67. The molecule has 20 heavy (non-hydrogen) atoms. The fourth-order valence-corrected chi connectivity index (χ4v) is 3.05. The maximum Gasteiger partial charge on any atom is 0.106 e. The third-order valence-electron chi connectivity index (χ3n) is 4.07. The number of nitrogens with zero attached hydrogens (tertiary/aromatic N) is 3. The molecule has 1 aliphatic carbocycles. The van der Waals surface area contributed by atoms with Crippen LogP contribution in [0.4, 0.5) is 0 Å². The highest BCUT2D eigenvalue weighted by atomic mass is 16.6. The molecule has 3 rings (SSSR count). The van der Waals surface area contributed by atoms with E-state index in [1.54, 1.807) is 7.11 Å². The summed E-state index contributed by atoms with van der Waals surface area (Å²) in [6, 6.07) is 11.0. The zero-order chi connectivity index (χ0) is 13.9. The maximum absolute atomic E-state index is 5.03. The third kappa shape index (κ3) is 2.33. The van der Waals surface area contributed by atoms with E-state index < -0.39 is 0 Å². The van der Waals surface area contributed by atoms with Gasteiger partial charge in [0.05, 0.1) is 18.1 Å². The molecule has 1 heterocycles. The van der Waals surface area contributed by atoms with E-state index in [0.717, 1.165) is 18.6 Å². The molecule has 0 bridgehead atoms. The van der Waals surface area contributed by atoms with Crippen molar-refractivity contribution in [3.63, 3.8) is 0 Å². The van der Waals surface area contributed by atoms with Crippen LogP contribution >= 0.6 is 0 Å². The highest BCUT2D eigenvalue weighted by molar-refractivity contribution is 6.03. The van der Waals surface area contributed by atoms with Crippen molar-refractivity contribution < 1.29 is 4.84 Å². The molecular formula is C16H19N3O. The molecule has 1 aromatic carbocycles. The SMILES string of the molecule is CON=C1CC(c2ccccc2)CC2C1=CN=CN2C. The molecule has 2 atom stereocenters. The molecule has 0 spiro atoms. The lowest BCUT2D eigenvalue weighted by Crippen LogP contribution is -2.41. The first-order valence-electron chi connectivity index (χ1n) is 6.90. The number of hydrogen-bond acceptors (Lipinski definition) is 4. The second kappa shape index (κ2) is 5.49. The van der Waals surface area contributed by atoms with Gasteiger partial charge in [-0.3, -0.25) is 0 Å². The second-order valence-corrected chi connectivity index (χ2v) is 5.30. The van der Waals surface area contributed by atoms with E-state index in [1.165, 1.54) is 11.1 Å². The van der Waals surface area contributed by atoms with Crippen molar-refractivity contribution in [2.24, 2.45) is 10.1 Å². The number of hydrogen-bond donors (Lipinski definition) is 0. The summed E-state index contributed by atoms with van der Waals surface area (Å²) in [4.78, 5) is 11.5. The van der Waals surface area contributed by atoms with Gasteiger partial charge in [0, 0.05) is 25.2 Å². The maximum atomic E-state index is 5.03. The molecule has 1 aliphatic heterocycles. The van der Waals surface area contributed by atoms with Crippen LogP contribution in [0, 0.1) is 0 Å². The van der Waals surface area contributed by atoms with E-state index >= 15 is 0 Å². The van der Waals surface area contributed by atoms with Gasteiger partial charge in [-0.1, -0.05) is 35.5 Å². The Morgan fingerprint density at radius 3 is 2.85 bits per heavy atom. The van der Waals surface area contributed by atoms with Crippen LogP contribution in [-0.2, 0) is 4.84 Å². The largest absolute Gasteiger partial charge is 0.399 e. The number of benzene rings is 1. The summed E-state index contributed by atoms with van der Waals surface area (Å²) in [6.45, 7) is 0. The first-order valence-corrected chi connectivity index (χ1v) is 6.90. The summed E-state index contributed by atoms with van der Waals surface area (Å²) in [5.74, 6) is 0.473. The summed E-state index contributed by atoms with van der Waals surface area (Å²) >= 11 is 0. The Bertz CT molecular complexity index is 562. The van der Waals surface area contributed by atoms with Crippen LogP contribution in [0.5, 0.6) is 0 Å². The van der Waals surface area contributed by atoms with Gasteiger partial charge in [0.2, 0.25) is 0 Å². The van der Waals surface area contributed by atoms with Crippen molar-refractivity contribution in [3.05, 3.63) is 47.7 Å². The standard InChI is InChI=1S/C16H19N3O/c1-19-11-17-10-14-15(18-20-2)8-13(9-16(14)19)12-6-4-3-5-7-12/h3-7,10-11,13,16H,8-9H2,1-2H3. The second-order valence-electron chi connectivity index (χ2n) is 5.30. The Morgan fingerprint density at radius 2 is 2.10 bits per heavy atom. The molecule has 0 aromatic heterocycles. The van der Waals surface area contributed by atoms with Crippen molar-refractivity contribution >= 4 is 12.1 Å². The summed E-state index contributed by atoms with van der Waals surface area (Å²) in [6.07, 6.45) is 5.79. The highest BCUT2D eigenvalue weighted by Crippen LogP contribution is 2.37. The summed E-state index contributed by atoms with van der Waals surface area (Å²) in [5, 5.41) is 4.23.